The van der Waals surface area contributed by atoms with Crippen LogP contribution in [0.1, 0.15) is 9.67 Å². The fourth-order valence-electron chi connectivity index (χ4n) is 0.940. The molecular weight excluding hydrogens is 258 g/mol. The summed E-state index contributed by atoms with van der Waals surface area (Å²) < 4.78 is 40.4. The second-order valence-electron chi connectivity index (χ2n) is 2.84. The SMILES string of the molecule is [B]c1cc(NC(=O)C(F)(F)F)c(C(=O)OC)s1. The van der Waals surface area contributed by atoms with Gasteiger partial charge in [0.15, 0.2) is 0 Å². The van der Waals surface area contributed by atoms with Gasteiger partial charge < -0.3 is 10.1 Å². The van der Waals surface area contributed by atoms with Crippen molar-refractivity contribution in [2.24, 2.45) is 0 Å². The van der Waals surface area contributed by atoms with Gasteiger partial charge in [0.25, 0.3) is 0 Å². The number of rotatable bonds is 2. The summed E-state index contributed by atoms with van der Waals surface area (Å²) in [7, 11) is 6.40. The summed E-state index contributed by atoms with van der Waals surface area (Å²) in [6.07, 6.45) is -5.04. The summed E-state index contributed by atoms with van der Waals surface area (Å²) in [6.45, 7) is 0. The number of carbonyl (C=O) groups excluding carboxylic acids is 2. The van der Waals surface area contributed by atoms with E-state index in [0.717, 1.165) is 24.5 Å². The van der Waals surface area contributed by atoms with Gasteiger partial charge >= 0.3 is 18.1 Å². The third-order valence-electron chi connectivity index (χ3n) is 1.63. The van der Waals surface area contributed by atoms with Crippen LogP contribution in [0.4, 0.5) is 18.9 Å². The second-order valence-corrected chi connectivity index (χ2v) is 3.92. The molecule has 1 amide bonds. The first-order valence-corrected chi connectivity index (χ1v) is 4.93. The molecule has 0 unspecified atom stereocenters. The van der Waals surface area contributed by atoms with Gasteiger partial charge in [-0.15, -0.1) is 11.3 Å². The molecule has 0 aromatic carbocycles. The van der Waals surface area contributed by atoms with E-state index in [1.54, 1.807) is 5.32 Å². The Hall–Kier alpha value is -1.51. The second kappa shape index (κ2) is 4.78. The van der Waals surface area contributed by atoms with Crippen LogP contribution in [0.3, 0.4) is 0 Å². The van der Waals surface area contributed by atoms with Crippen LogP contribution in [0.15, 0.2) is 6.07 Å². The maximum Gasteiger partial charge on any atom is 0.471 e. The zero-order valence-electron chi connectivity index (χ0n) is 8.42. The van der Waals surface area contributed by atoms with Gasteiger partial charge in [0.05, 0.1) is 12.8 Å². The van der Waals surface area contributed by atoms with Crippen LogP contribution in [-0.2, 0) is 9.53 Å². The normalized spacial score (nSPS) is 11.1. The lowest BCUT2D eigenvalue weighted by Crippen LogP contribution is -2.30. The van der Waals surface area contributed by atoms with Gasteiger partial charge in [0, 0.05) is 0 Å². The Morgan fingerprint density at radius 2 is 2.06 bits per heavy atom. The third-order valence-corrected chi connectivity index (χ3v) is 2.57. The minimum atomic E-state index is -5.04. The highest BCUT2D eigenvalue weighted by Crippen LogP contribution is 2.24. The molecule has 0 spiro atoms. The fourth-order valence-corrected chi connectivity index (χ4v) is 1.74. The van der Waals surface area contributed by atoms with Crippen molar-refractivity contribution in [2.75, 3.05) is 12.4 Å². The number of esters is 1. The molecular formula is C8H5BF3NO3S. The number of ether oxygens (including phenoxy) is 1. The Bertz CT molecular complexity index is 457. The molecule has 0 aliphatic carbocycles. The number of amides is 1. The van der Waals surface area contributed by atoms with Crippen LogP contribution in [0.25, 0.3) is 0 Å². The average Bonchev–Trinajstić information content (AvgIpc) is 2.57. The zero-order chi connectivity index (χ0) is 13.2. The van der Waals surface area contributed by atoms with Crippen molar-refractivity contribution in [1.82, 2.24) is 0 Å². The van der Waals surface area contributed by atoms with E-state index in [-0.39, 0.29) is 15.3 Å². The van der Waals surface area contributed by atoms with E-state index in [4.69, 9.17) is 7.85 Å². The predicted octanol–water partition coefficient (Wildman–Crippen LogP) is 0.829. The van der Waals surface area contributed by atoms with Crippen LogP contribution in [0.5, 0.6) is 0 Å². The van der Waals surface area contributed by atoms with E-state index in [9.17, 15) is 22.8 Å². The van der Waals surface area contributed by atoms with Gasteiger partial charge in [-0.3, -0.25) is 4.79 Å². The van der Waals surface area contributed by atoms with E-state index in [1.165, 1.54) is 0 Å². The molecule has 0 aliphatic rings. The minimum absolute atomic E-state index is 0.0860. The number of halogens is 3. The number of alkyl halides is 3. The summed E-state index contributed by atoms with van der Waals surface area (Å²) in [5.41, 5.74) is -0.318. The number of hydrogen-bond donors (Lipinski definition) is 1. The smallest absolute Gasteiger partial charge is 0.465 e. The van der Waals surface area contributed by atoms with E-state index >= 15 is 0 Å². The monoisotopic (exact) mass is 263 g/mol. The Morgan fingerprint density at radius 1 is 1.47 bits per heavy atom. The molecule has 0 aliphatic heterocycles. The van der Waals surface area contributed by atoms with Crippen molar-refractivity contribution in [1.29, 1.82) is 0 Å². The number of thiophene rings is 1. The van der Waals surface area contributed by atoms with E-state index in [2.05, 4.69) is 4.74 Å². The van der Waals surface area contributed by atoms with Gasteiger partial charge in [-0.05, 0) is 10.8 Å². The molecule has 17 heavy (non-hydrogen) atoms. The molecule has 1 heterocycles. The van der Waals surface area contributed by atoms with Gasteiger partial charge in [0.2, 0.25) is 0 Å². The largest absolute Gasteiger partial charge is 0.471 e. The number of anilines is 1. The van der Waals surface area contributed by atoms with Crippen LogP contribution in [-0.4, -0.2) is 33.0 Å². The summed E-state index contributed by atoms with van der Waals surface area (Å²) in [4.78, 5) is 21.7. The average molecular weight is 263 g/mol. The number of methoxy groups -OCH3 is 1. The van der Waals surface area contributed by atoms with Crippen molar-refractivity contribution < 1.29 is 27.5 Å². The lowest BCUT2D eigenvalue weighted by atomic mass is 10.1. The van der Waals surface area contributed by atoms with Crippen LogP contribution >= 0.6 is 11.3 Å². The molecule has 0 saturated carbocycles. The van der Waals surface area contributed by atoms with Crippen molar-refractivity contribution in [3.05, 3.63) is 10.9 Å². The van der Waals surface area contributed by atoms with E-state index < -0.39 is 18.1 Å². The summed E-state index contributed by atoms with van der Waals surface area (Å²) in [6, 6.07) is 1.06. The van der Waals surface area contributed by atoms with E-state index in [0.29, 0.717) is 0 Å². The number of carbonyl (C=O) groups is 2. The van der Waals surface area contributed by atoms with Gasteiger partial charge in [0.1, 0.15) is 12.7 Å². The molecule has 0 atom stereocenters. The number of hydrogen-bond acceptors (Lipinski definition) is 4. The molecule has 4 nitrogen and oxygen atoms in total. The van der Waals surface area contributed by atoms with E-state index in [1.807, 2.05) is 0 Å². The van der Waals surface area contributed by atoms with Crippen molar-refractivity contribution in [2.45, 2.75) is 6.18 Å². The Balaban J connectivity index is 2.99. The van der Waals surface area contributed by atoms with Gasteiger partial charge in [-0.2, -0.15) is 13.2 Å². The lowest BCUT2D eigenvalue weighted by molar-refractivity contribution is -0.167. The van der Waals surface area contributed by atoms with Crippen molar-refractivity contribution in [3.63, 3.8) is 0 Å². The Kier molecular flexibility index (Phi) is 3.81. The van der Waals surface area contributed by atoms with Crippen LogP contribution in [0.2, 0.25) is 0 Å². The number of nitrogens with one attached hydrogen (secondary N) is 1. The molecule has 90 valence electrons. The molecule has 9 heteroatoms. The topological polar surface area (TPSA) is 55.4 Å². The maximum atomic E-state index is 12.0. The highest BCUT2D eigenvalue weighted by atomic mass is 32.1. The summed E-state index contributed by atoms with van der Waals surface area (Å²) >= 11 is 0.721. The predicted molar refractivity (Wildman–Crippen MR) is 55.7 cm³/mol. The summed E-state index contributed by atoms with van der Waals surface area (Å²) in [5, 5.41) is 1.55. The molecule has 1 aromatic rings. The summed E-state index contributed by atoms with van der Waals surface area (Å²) in [5.74, 6) is -3.05. The minimum Gasteiger partial charge on any atom is -0.465 e. The lowest BCUT2D eigenvalue weighted by Gasteiger charge is -2.07. The Morgan fingerprint density at radius 3 is 2.53 bits per heavy atom. The van der Waals surface area contributed by atoms with Gasteiger partial charge in [-0.25, -0.2) is 4.79 Å². The fraction of sp³-hybridized carbons (Fsp3) is 0.250. The highest BCUT2D eigenvalue weighted by molar-refractivity contribution is 7.22. The molecule has 1 rings (SSSR count). The zero-order valence-corrected chi connectivity index (χ0v) is 9.24. The molecule has 1 N–H and O–H groups in total. The first-order valence-electron chi connectivity index (χ1n) is 4.11. The molecule has 0 fully saturated rings. The molecule has 1 aromatic heterocycles. The highest BCUT2D eigenvalue weighted by Gasteiger charge is 2.39. The van der Waals surface area contributed by atoms with Crippen LogP contribution < -0.4 is 10.1 Å². The first-order chi connectivity index (χ1) is 7.75. The standard InChI is InChI=1S/C8H5BF3NO3S/c1-16-6(14)5-3(2-4(9)17-5)13-7(15)8(10,11)12/h2H,1H3,(H,13,15). The maximum absolute atomic E-state index is 12.0. The molecule has 0 bridgehead atoms. The van der Waals surface area contributed by atoms with Crippen molar-refractivity contribution in [3.8, 4) is 0 Å². The molecule has 0 saturated heterocycles. The quantitative estimate of drug-likeness (QED) is 0.635. The molecule has 2 radical (unpaired) electrons. The van der Waals surface area contributed by atoms with Gasteiger partial charge in [-0.1, -0.05) is 0 Å². The van der Waals surface area contributed by atoms with Crippen molar-refractivity contribution >= 4 is 41.5 Å². The first kappa shape index (κ1) is 13.6. The third kappa shape index (κ3) is 3.22. The Labute approximate surface area is 99.2 Å². The van der Waals surface area contributed by atoms with Crippen LogP contribution in [0, 0.1) is 0 Å².